The van der Waals surface area contributed by atoms with E-state index in [0.717, 1.165) is 6.26 Å². The maximum atomic E-state index is 12.1. The van der Waals surface area contributed by atoms with Gasteiger partial charge in [-0.2, -0.15) is 0 Å². The predicted octanol–water partition coefficient (Wildman–Crippen LogP) is -0.994. The molecule has 10 heteroatoms. The van der Waals surface area contributed by atoms with Gasteiger partial charge in [0.15, 0.2) is 0 Å². The number of hydrogen-bond acceptors (Lipinski definition) is 6. The molecule has 0 spiro atoms. The first-order chi connectivity index (χ1) is 12.3. The first-order valence-corrected chi connectivity index (χ1v) is 10.3. The Morgan fingerprint density at radius 2 is 1.92 bits per heavy atom. The molecule has 9 nitrogen and oxygen atoms in total. The molecule has 4 N–H and O–H groups in total. The van der Waals surface area contributed by atoms with Crippen molar-refractivity contribution in [1.82, 2.24) is 20.3 Å². The fraction of sp³-hybridized carbons (Fsp3) is 0.562. The van der Waals surface area contributed by atoms with Gasteiger partial charge >= 0.3 is 0 Å². The number of hydrogen-bond donors (Lipinski definition) is 4. The third-order valence-electron chi connectivity index (χ3n) is 4.23. The van der Waals surface area contributed by atoms with Crippen LogP contribution < -0.4 is 15.4 Å². The second-order valence-electron chi connectivity index (χ2n) is 6.35. The van der Waals surface area contributed by atoms with E-state index in [-0.39, 0.29) is 37.2 Å². The summed E-state index contributed by atoms with van der Waals surface area (Å²) in [5.74, 6) is -0.873. The summed E-state index contributed by atoms with van der Waals surface area (Å²) in [4.78, 5) is 28.1. The topological polar surface area (TPSA) is 137 Å². The van der Waals surface area contributed by atoms with Crippen LogP contribution in [0.15, 0.2) is 24.5 Å². The van der Waals surface area contributed by atoms with Crippen molar-refractivity contribution in [2.45, 2.75) is 31.4 Å². The molecule has 0 aromatic carbocycles. The van der Waals surface area contributed by atoms with E-state index in [1.165, 1.54) is 12.4 Å². The van der Waals surface area contributed by atoms with Crippen LogP contribution in [0.1, 0.15) is 29.6 Å². The largest absolute Gasteiger partial charge is 0.391 e. The number of pyridine rings is 1. The third kappa shape index (κ3) is 6.36. The summed E-state index contributed by atoms with van der Waals surface area (Å²) in [6.07, 6.45) is 4.52. The van der Waals surface area contributed by atoms with E-state index in [1.807, 2.05) is 0 Å². The number of sulfonamides is 1. The number of rotatable bonds is 7. The normalized spacial score (nSPS) is 23.2. The lowest BCUT2D eigenvalue weighted by atomic mass is 9.83. The molecule has 2 amide bonds. The quantitative estimate of drug-likeness (QED) is 0.445. The van der Waals surface area contributed by atoms with Gasteiger partial charge in [0.05, 0.1) is 18.4 Å². The summed E-state index contributed by atoms with van der Waals surface area (Å²) < 4.78 is 24.2. The second kappa shape index (κ2) is 9.06. The minimum Gasteiger partial charge on any atom is -0.391 e. The van der Waals surface area contributed by atoms with Gasteiger partial charge in [0.2, 0.25) is 15.9 Å². The van der Waals surface area contributed by atoms with Crippen molar-refractivity contribution in [3.63, 3.8) is 0 Å². The first kappa shape index (κ1) is 20.3. The molecule has 1 aliphatic carbocycles. The van der Waals surface area contributed by atoms with Crippen LogP contribution in [0.25, 0.3) is 0 Å². The van der Waals surface area contributed by atoms with E-state index in [1.54, 1.807) is 12.1 Å². The van der Waals surface area contributed by atoms with E-state index in [0.29, 0.717) is 18.4 Å². The van der Waals surface area contributed by atoms with Gasteiger partial charge in [-0.25, -0.2) is 13.1 Å². The highest BCUT2D eigenvalue weighted by atomic mass is 32.2. The van der Waals surface area contributed by atoms with Crippen molar-refractivity contribution >= 4 is 21.8 Å². The minimum absolute atomic E-state index is 0.116. The molecule has 3 atom stereocenters. The van der Waals surface area contributed by atoms with Crippen LogP contribution in [-0.2, 0) is 14.8 Å². The van der Waals surface area contributed by atoms with Crippen molar-refractivity contribution in [3.05, 3.63) is 30.1 Å². The van der Waals surface area contributed by atoms with Crippen LogP contribution >= 0.6 is 0 Å². The third-order valence-corrected chi connectivity index (χ3v) is 4.96. The lowest BCUT2D eigenvalue weighted by molar-refractivity contribution is -0.127. The van der Waals surface area contributed by atoms with Gasteiger partial charge in [-0.15, -0.1) is 0 Å². The van der Waals surface area contributed by atoms with Crippen LogP contribution in [0, 0.1) is 5.92 Å². The molecular weight excluding hydrogens is 360 g/mol. The molecule has 1 aliphatic rings. The highest BCUT2D eigenvalue weighted by Gasteiger charge is 2.33. The Labute approximate surface area is 152 Å². The van der Waals surface area contributed by atoms with Crippen molar-refractivity contribution in [2.75, 3.05) is 19.3 Å². The number of aromatic nitrogens is 1. The Bertz CT molecular complexity index is 725. The van der Waals surface area contributed by atoms with E-state index >= 15 is 0 Å². The molecule has 0 aliphatic heterocycles. The molecular formula is C16H24N4O5S. The van der Waals surface area contributed by atoms with Crippen LogP contribution in [0.5, 0.6) is 0 Å². The zero-order chi connectivity index (χ0) is 19.2. The van der Waals surface area contributed by atoms with Crippen LogP contribution in [0.3, 0.4) is 0 Å². The number of carbonyl (C=O) groups excluding carboxylic acids is 2. The van der Waals surface area contributed by atoms with Crippen LogP contribution in [0.4, 0.5) is 0 Å². The second-order valence-corrected chi connectivity index (χ2v) is 8.18. The van der Waals surface area contributed by atoms with E-state index in [4.69, 9.17) is 0 Å². The van der Waals surface area contributed by atoms with Gasteiger partial charge in [0.1, 0.15) is 0 Å². The molecule has 1 aromatic heterocycles. The number of carbonyl (C=O) groups is 2. The monoisotopic (exact) mass is 384 g/mol. The summed E-state index contributed by atoms with van der Waals surface area (Å²) >= 11 is 0. The van der Waals surface area contributed by atoms with Gasteiger partial charge in [-0.3, -0.25) is 14.6 Å². The highest BCUT2D eigenvalue weighted by molar-refractivity contribution is 7.88. The lowest BCUT2D eigenvalue weighted by Crippen LogP contribution is -2.49. The van der Waals surface area contributed by atoms with Gasteiger partial charge in [-0.1, -0.05) is 0 Å². The molecule has 26 heavy (non-hydrogen) atoms. The number of amides is 2. The van der Waals surface area contributed by atoms with Gasteiger partial charge in [0.25, 0.3) is 5.91 Å². The molecule has 0 radical (unpaired) electrons. The van der Waals surface area contributed by atoms with Gasteiger partial charge in [-0.05, 0) is 31.4 Å². The number of nitrogens with one attached hydrogen (secondary N) is 3. The molecule has 1 aromatic rings. The van der Waals surface area contributed by atoms with Crippen LogP contribution in [-0.4, -0.2) is 61.8 Å². The molecule has 0 bridgehead atoms. The first-order valence-electron chi connectivity index (χ1n) is 8.37. The highest BCUT2D eigenvalue weighted by Crippen LogP contribution is 2.25. The van der Waals surface area contributed by atoms with E-state index < -0.39 is 22.2 Å². The molecule has 1 heterocycles. The molecule has 2 rings (SSSR count). The molecule has 0 saturated heterocycles. The van der Waals surface area contributed by atoms with Crippen molar-refractivity contribution in [1.29, 1.82) is 0 Å². The Kier molecular flexibility index (Phi) is 7.06. The van der Waals surface area contributed by atoms with Gasteiger partial charge < -0.3 is 15.7 Å². The number of aliphatic hydroxyl groups is 1. The summed E-state index contributed by atoms with van der Waals surface area (Å²) in [6.45, 7) is 0.297. The van der Waals surface area contributed by atoms with Crippen molar-refractivity contribution in [3.8, 4) is 0 Å². The average Bonchev–Trinajstić information content (AvgIpc) is 2.60. The number of aliphatic hydroxyl groups excluding tert-OH is 1. The molecule has 0 unspecified atom stereocenters. The Balaban J connectivity index is 1.76. The summed E-state index contributed by atoms with van der Waals surface area (Å²) in [5, 5.41) is 15.7. The smallest absolute Gasteiger partial charge is 0.251 e. The van der Waals surface area contributed by atoms with Crippen molar-refractivity contribution < 1.29 is 23.1 Å². The van der Waals surface area contributed by atoms with Crippen LogP contribution in [0.2, 0.25) is 0 Å². The summed E-state index contributed by atoms with van der Waals surface area (Å²) in [7, 11) is -3.28. The predicted molar refractivity (Wildman–Crippen MR) is 94.7 cm³/mol. The van der Waals surface area contributed by atoms with E-state index in [9.17, 15) is 23.1 Å². The molecule has 1 fully saturated rings. The summed E-state index contributed by atoms with van der Waals surface area (Å²) in [5.41, 5.74) is 0.463. The summed E-state index contributed by atoms with van der Waals surface area (Å²) in [6, 6.07) is 2.77. The fourth-order valence-corrected chi connectivity index (χ4v) is 3.35. The van der Waals surface area contributed by atoms with Gasteiger partial charge in [0, 0.05) is 37.0 Å². The van der Waals surface area contributed by atoms with E-state index in [2.05, 4.69) is 20.3 Å². The fourth-order valence-electron chi connectivity index (χ4n) is 2.87. The average molecular weight is 384 g/mol. The Morgan fingerprint density at radius 1 is 1.23 bits per heavy atom. The maximum Gasteiger partial charge on any atom is 0.251 e. The Morgan fingerprint density at radius 3 is 2.54 bits per heavy atom. The maximum absolute atomic E-state index is 12.1. The zero-order valence-corrected chi connectivity index (χ0v) is 15.3. The standard InChI is InChI=1S/C16H24N4O5S/c1-26(24,25)19-9-8-18-15(22)12-2-3-13(14(21)10-12)20-16(23)11-4-6-17-7-5-11/h4-7,12-14,19,21H,2-3,8-10H2,1H3,(H,18,22)(H,20,23)/t12-,13-,14-/m0/s1. The Hall–Kier alpha value is -2.04. The minimum atomic E-state index is -3.28. The number of nitrogens with zero attached hydrogens (tertiary/aromatic N) is 1. The SMILES string of the molecule is CS(=O)(=O)NCCNC(=O)[C@H]1CC[C@H](NC(=O)c2ccncc2)[C@@H](O)C1. The molecule has 144 valence electrons. The lowest BCUT2D eigenvalue weighted by Gasteiger charge is -2.33. The molecule has 1 saturated carbocycles. The van der Waals surface area contributed by atoms with Crippen molar-refractivity contribution in [2.24, 2.45) is 5.92 Å². The zero-order valence-electron chi connectivity index (χ0n) is 14.5.